The molecule has 0 aliphatic carbocycles. The fraction of sp³-hybridized carbons (Fsp3) is 0.915. The van der Waals surface area contributed by atoms with Crippen molar-refractivity contribution in [3.8, 4) is 0 Å². The Hall–Kier alpha value is -1.40. The van der Waals surface area contributed by atoms with Crippen LogP contribution in [0.1, 0.15) is 251 Å². The van der Waals surface area contributed by atoms with E-state index in [0.29, 0.717) is 19.4 Å². The van der Waals surface area contributed by atoms with Gasteiger partial charge in [0.2, 0.25) is 5.91 Å². The predicted octanol–water partition coefficient (Wildman–Crippen LogP) is 13.4. The molecule has 2 unspecified atom stereocenters. The molecule has 0 rings (SSSR count). The molecule has 0 aromatic rings. The molecule has 0 radical (unpaired) electrons. The van der Waals surface area contributed by atoms with Gasteiger partial charge in [-0.1, -0.05) is 219 Å². The number of carbonyl (C=O) groups is 2. The summed E-state index contributed by atoms with van der Waals surface area (Å²) in [6, 6.07) is -0.631. The van der Waals surface area contributed by atoms with Crippen LogP contribution < -0.4 is 5.32 Å². The van der Waals surface area contributed by atoms with E-state index in [2.05, 4.69) is 19.2 Å². The fourth-order valence-electron chi connectivity index (χ4n) is 7.16. The summed E-state index contributed by atoms with van der Waals surface area (Å²) < 4.78 is 5.44. The number of carbonyl (C=O) groups excluding carboxylic acids is 2. The third-order valence-electron chi connectivity index (χ3n) is 10.8. The van der Waals surface area contributed by atoms with E-state index in [4.69, 9.17) is 4.74 Å². The molecule has 6 heteroatoms. The number of aliphatic hydroxyl groups is 2. The number of hydrogen-bond donors (Lipinski definition) is 3. The molecular weight excluding hydrogens is 659 g/mol. The molecule has 0 aliphatic rings. The molecule has 0 saturated heterocycles. The van der Waals surface area contributed by atoms with Crippen molar-refractivity contribution in [2.24, 2.45) is 0 Å². The first kappa shape index (κ1) is 51.6. The van der Waals surface area contributed by atoms with Crippen LogP contribution in [0.2, 0.25) is 0 Å². The van der Waals surface area contributed by atoms with E-state index in [1.54, 1.807) is 6.08 Å². The predicted molar refractivity (Wildman–Crippen MR) is 227 cm³/mol. The highest BCUT2D eigenvalue weighted by Crippen LogP contribution is 2.15. The SMILES string of the molecule is CCCCCCCCCC/C=C/C(O)C(CO)NC(=O)CCCCCCCCCCCCCCCCCOC(=O)CCCCCCCCCCCCC. The van der Waals surface area contributed by atoms with E-state index in [1.165, 1.54) is 180 Å². The number of unbranched alkanes of at least 4 members (excludes halogenated alkanes) is 32. The minimum Gasteiger partial charge on any atom is -0.466 e. The smallest absolute Gasteiger partial charge is 0.305 e. The van der Waals surface area contributed by atoms with Crippen molar-refractivity contribution < 1.29 is 24.5 Å². The molecule has 3 N–H and O–H groups in total. The summed E-state index contributed by atoms with van der Waals surface area (Å²) in [7, 11) is 0. The topological polar surface area (TPSA) is 95.9 Å². The lowest BCUT2D eigenvalue weighted by Crippen LogP contribution is -2.45. The molecule has 0 fully saturated rings. The van der Waals surface area contributed by atoms with Gasteiger partial charge in [0.05, 0.1) is 25.4 Å². The Morgan fingerprint density at radius 1 is 0.509 bits per heavy atom. The number of aliphatic hydroxyl groups excluding tert-OH is 2. The van der Waals surface area contributed by atoms with Crippen molar-refractivity contribution in [1.82, 2.24) is 5.32 Å². The summed E-state index contributed by atoms with van der Waals surface area (Å²) in [4.78, 5) is 24.3. The molecule has 0 saturated carbocycles. The second-order valence-corrected chi connectivity index (χ2v) is 16.1. The second-order valence-electron chi connectivity index (χ2n) is 16.1. The Labute approximate surface area is 329 Å². The molecule has 1 amide bonds. The zero-order chi connectivity index (χ0) is 38.7. The second kappa shape index (κ2) is 43.3. The van der Waals surface area contributed by atoms with Gasteiger partial charge in [0.25, 0.3) is 0 Å². The highest BCUT2D eigenvalue weighted by molar-refractivity contribution is 5.76. The maximum Gasteiger partial charge on any atom is 0.305 e. The number of allylic oxidation sites excluding steroid dienone is 1. The van der Waals surface area contributed by atoms with E-state index < -0.39 is 12.1 Å². The minimum absolute atomic E-state index is 0.00135. The monoisotopic (exact) mass is 750 g/mol. The normalized spacial score (nSPS) is 12.8. The standard InChI is InChI=1S/C47H91NO5/c1-3-5-7-9-11-13-20-25-29-33-37-41-47(52)53-42-38-34-30-26-22-19-17-15-16-18-21-24-28-32-36-40-46(51)48-44(43-49)45(50)39-35-31-27-23-14-12-10-8-6-4-2/h35,39,44-45,49-50H,3-34,36-38,40-43H2,1-2H3,(H,48,51)/b39-35+. The Balaban J connectivity index is 3.45. The van der Waals surface area contributed by atoms with Gasteiger partial charge in [-0.15, -0.1) is 0 Å². The first-order valence-corrected chi connectivity index (χ1v) is 23.5. The van der Waals surface area contributed by atoms with Crippen LogP contribution in [0.4, 0.5) is 0 Å². The van der Waals surface area contributed by atoms with Gasteiger partial charge in [-0.25, -0.2) is 0 Å². The van der Waals surface area contributed by atoms with Crippen LogP contribution in [-0.4, -0.2) is 47.4 Å². The third-order valence-corrected chi connectivity index (χ3v) is 10.8. The molecule has 0 aromatic heterocycles. The molecular formula is C47H91NO5. The van der Waals surface area contributed by atoms with Crippen LogP contribution >= 0.6 is 0 Å². The fourth-order valence-corrected chi connectivity index (χ4v) is 7.16. The van der Waals surface area contributed by atoms with Crippen molar-refractivity contribution in [2.45, 2.75) is 264 Å². The van der Waals surface area contributed by atoms with E-state index in [0.717, 1.165) is 44.9 Å². The average Bonchev–Trinajstić information content (AvgIpc) is 3.16. The highest BCUT2D eigenvalue weighted by Gasteiger charge is 2.18. The molecule has 0 bridgehead atoms. The number of esters is 1. The Morgan fingerprint density at radius 2 is 0.868 bits per heavy atom. The van der Waals surface area contributed by atoms with Gasteiger partial charge in [-0.3, -0.25) is 9.59 Å². The van der Waals surface area contributed by atoms with Gasteiger partial charge >= 0.3 is 5.97 Å². The molecule has 0 aliphatic heterocycles. The third kappa shape index (κ3) is 40.1. The molecule has 0 heterocycles. The summed E-state index contributed by atoms with van der Waals surface area (Å²) in [5.74, 6) is -0.0798. The van der Waals surface area contributed by atoms with Crippen LogP contribution in [-0.2, 0) is 14.3 Å². The molecule has 2 atom stereocenters. The van der Waals surface area contributed by atoms with Gasteiger partial charge in [0.1, 0.15) is 0 Å². The number of ether oxygens (including phenoxy) is 1. The maximum absolute atomic E-state index is 12.4. The van der Waals surface area contributed by atoms with Crippen molar-refractivity contribution in [1.29, 1.82) is 0 Å². The van der Waals surface area contributed by atoms with Gasteiger partial charge in [-0.05, 0) is 32.1 Å². The molecule has 0 spiro atoms. The van der Waals surface area contributed by atoms with Crippen LogP contribution in [0.3, 0.4) is 0 Å². The summed E-state index contributed by atoms with van der Waals surface area (Å²) in [5, 5.41) is 22.9. The van der Waals surface area contributed by atoms with E-state index >= 15 is 0 Å². The maximum atomic E-state index is 12.4. The lowest BCUT2D eigenvalue weighted by molar-refractivity contribution is -0.143. The van der Waals surface area contributed by atoms with Gasteiger partial charge in [0.15, 0.2) is 0 Å². The number of amides is 1. The summed E-state index contributed by atoms with van der Waals surface area (Å²) in [6.45, 7) is 4.85. The zero-order valence-corrected chi connectivity index (χ0v) is 35.5. The molecule has 314 valence electrons. The summed E-state index contributed by atoms with van der Waals surface area (Å²) in [6.07, 6.45) is 47.7. The van der Waals surface area contributed by atoms with Crippen LogP contribution in [0, 0.1) is 0 Å². The lowest BCUT2D eigenvalue weighted by atomic mass is 10.0. The van der Waals surface area contributed by atoms with Crippen LogP contribution in [0.5, 0.6) is 0 Å². The first-order chi connectivity index (χ1) is 26.0. The van der Waals surface area contributed by atoms with Crippen LogP contribution in [0.15, 0.2) is 12.2 Å². The lowest BCUT2D eigenvalue weighted by Gasteiger charge is -2.20. The highest BCUT2D eigenvalue weighted by atomic mass is 16.5. The molecule has 0 aromatic carbocycles. The first-order valence-electron chi connectivity index (χ1n) is 23.5. The number of rotatable bonds is 43. The largest absolute Gasteiger partial charge is 0.466 e. The minimum atomic E-state index is -0.846. The van der Waals surface area contributed by atoms with Gasteiger partial charge in [0, 0.05) is 12.8 Å². The van der Waals surface area contributed by atoms with Crippen molar-refractivity contribution in [2.75, 3.05) is 13.2 Å². The van der Waals surface area contributed by atoms with Gasteiger partial charge in [-0.2, -0.15) is 0 Å². The Kier molecular flexibility index (Phi) is 42.2. The van der Waals surface area contributed by atoms with E-state index in [-0.39, 0.29) is 18.5 Å². The van der Waals surface area contributed by atoms with Gasteiger partial charge < -0.3 is 20.3 Å². The number of nitrogens with one attached hydrogen (secondary N) is 1. The summed E-state index contributed by atoms with van der Waals surface area (Å²) >= 11 is 0. The Bertz CT molecular complexity index is 787. The van der Waals surface area contributed by atoms with E-state index in [9.17, 15) is 19.8 Å². The average molecular weight is 750 g/mol. The summed E-state index contributed by atoms with van der Waals surface area (Å²) in [5.41, 5.74) is 0. The van der Waals surface area contributed by atoms with Crippen LogP contribution in [0.25, 0.3) is 0 Å². The molecule has 53 heavy (non-hydrogen) atoms. The Morgan fingerprint density at radius 3 is 1.28 bits per heavy atom. The van der Waals surface area contributed by atoms with Crippen molar-refractivity contribution in [3.63, 3.8) is 0 Å². The van der Waals surface area contributed by atoms with E-state index in [1.807, 2.05) is 6.08 Å². The van der Waals surface area contributed by atoms with Crippen molar-refractivity contribution in [3.05, 3.63) is 12.2 Å². The quantitative estimate of drug-likeness (QED) is 0.0328. The zero-order valence-electron chi connectivity index (χ0n) is 35.5. The molecule has 6 nitrogen and oxygen atoms in total. The van der Waals surface area contributed by atoms with Crippen molar-refractivity contribution >= 4 is 11.9 Å². The number of hydrogen-bond acceptors (Lipinski definition) is 5.